The molecule has 2 aromatic rings. The Kier molecular flexibility index (Phi) is 5.72. The molecule has 3 rings (SSSR count). The van der Waals surface area contributed by atoms with E-state index in [1.807, 2.05) is 0 Å². The summed E-state index contributed by atoms with van der Waals surface area (Å²) in [7, 11) is -3.47. The third-order valence-electron chi connectivity index (χ3n) is 4.01. The van der Waals surface area contributed by atoms with Crippen LogP contribution >= 0.6 is 23.2 Å². The first kappa shape index (κ1) is 19.0. The highest BCUT2D eigenvalue weighted by Gasteiger charge is 2.26. The second-order valence-corrected chi connectivity index (χ2v) is 8.54. The van der Waals surface area contributed by atoms with Gasteiger partial charge in [0.2, 0.25) is 10.0 Å². The number of nitrogens with one attached hydrogen (secondary N) is 2. The predicted octanol–water partition coefficient (Wildman–Crippen LogP) is 4.42. The summed E-state index contributed by atoms with van der Waals surface area (Å²) in [6.07, 6.45) is 1.76. The Morgan fingerprint density at radius 2 is 1.62 bits per heavy atom. The van der Waals surface area contributed by atoms with E-state index in [1.165, 1.54) is 16.4 Å². The molecule has 1 heterocycles. The quantitative estimate of drug-likeness (QED) is 0.778. The summed E-state index contributed by atoms with van der Waals surface area (Å²) < 4.78 is 26.4. The third-order valence-corrected chi connectivity index (χ3v) is 6.75. The largest absolute Gasteiger partial charge is 0.323 e. The highest BCUT2D eigenvalue weighted by atomic mass is 35.5. The molecule has 2 aromatic carbocycles. The maximum absolute atomic E-state index is 12.5. The minimum atomic E-state index is -3.47. The van der Waals surface area contributed by atoms with Gasteiger partial charge in [-0.1, -0.05) is 29.3 Å². The van der Waals surface area contributed by atoms with Gasteiger partial charge in [0.05, 0.1) is 20.6 Å². The molecule has 0 bridgehead atoms. The van der Waals surface area contributed by atoms with Crippen LogP contribution in [0.3, 0.4) is 0 Å². The Bertz CT molecular complexity index is 911. The minimum absolute atomic E-state index is 0.211. The zero-order chi connectivity index (χ0) is 18.7. The molecule has 6 nitrogen and oxygen atoms in total. The van der Waals surface area contributed by atoms with Gasteiger partial charge in [-0.05, 0) is 49.2 Å². The molecular weight excluding hydrogens is 397 g/mol. The normalized spacial score (nSPS) is 15.0. The number of sulfonamides is 1. The Morgan fingerprint density at radius 1 is 0.962 bits per heavy atom. The molecule has 2 N–H and O–H groups in total. The zero-order valence-electron chi connectivity index (χ0n) is 13.7. The number of hydrogen-bond donors (Lipinski definition) is 2. The first-order valence-corrected chi connectivity index (χ1v) is 10.2. The predicted molar refractivity (Wildman–Crippen MR) is 104 cm³/mol. The number of nitrogens with zero attached hydrogens (tertiary/aromatic N) is 1. The highest BCUT2D eigenvalue weighted by Crippen LogP contribution is 2.29. The molecule has 0 aromatic heterocycles. The number of benzene rings is 2. The second-order valence-electron chi connectivity index (χ2n) is 5.82. The smallest absolute Gasteiger partial charge is 0.308 e. The zero-order valence-corrected chi connectivity index (χ0v) is 16.0. The van der Waals surface area contributed by atoms with E-state index in [0.717, 1.165) is 12.8 Å². The van der Waals surface area contributed by atoms with Crippen LogP contribution in [0.15, 0.2) is 47.4 Å². The summed E-state index contributed by atoms with van der Waals surface area (Å²) in [6, 6.07) is 10.5. The number of carbonyl (C=O) groups is 1. The first-order chi connectivity index (χ1) is 12.4. The van der Waals surface area contributed by atoms with Crippen molar-refractivity contribution in [1.29, 1.82) is 0 Å². The van der Waals surface area contributed by atoms with E-state index in [4.69, 9.17) is 23.2 Å². The average Bonchev–Trinajstić information content (AvgIpc) is 3.15. The van der Waals surface area contributed by atoms with Crippen LogP contribution in [0.2, 0.25) is 10.0 Å². The molecule has 138 valence electrons. The van der Waals surface area contributed by atoms with Crippen LogP contribution in [-0.4, -0.2) is 31.8 Å². The molecule has 0 radical (unpaired) electrons. The molecule has 0 atom stereocenters. The fourth-order valence-electron chi connectivity index (χ4n) is 2.67. The lowest BCUT2D eigenvalue weighted by Crippen LogP contribution is -2.27. The lowest BCUT2D eigenvalue weighted by atomic mass is 10.3. The van der Waals surface area contributed by atoms with Crippen molar-refractivity contribution >= 4 is 50.6 Å². The Hall–Kier alpha value is -1.80. The molecule has 26 heavy (non-hydrogen) atoms. The van der Waals surface area contributed by atoms with Crippen LogP contribution in [0.1, 0.15) is 12.8 Å². The van der Waals surface area contributed by atoms with Gasteiger partial charge in [0, 0.05) is 18.8 Å². The van der Waals surface area contributed by atoms with E-state index in [1.54, 1.807) is 30.3 Å². The van der Waals surface area contributed by atoms with E-state index in [-0.39, 0.29) is 9.92 Å². The summed E-state index contributed by atoms with van der Waals surface area (Å²) in [4.78, 5) is 12.3. The highest BCUT2D eigenvalue weighted by molar-refractivity contribution is 7.89. The van der Waals surface area contributed by atoms with E-state index in [0.29, 0.717) is 29.5 Å². The maximum atomic E-state index is 12.5. The monoisotopic (exact) mass is 413 g/mol. The van der Waals surface area contributed by atoms with Gasteiger partial charge in [-0.3, -0.25) is 0 Å². The van der Waals surface area contributed by atoms with Gasteiger partial charge in [-0.25, -0.2) is 13.2 Å². The van der Waals surface area contributed by atoms with E-state index < -0.39 is 16.1 Å². The number of carbonyl (C=O) groups excluding carboxylic acids is 1. The van der Waals surface area contributed by atoms with Crippen LogP contribution in [0.4, 0.5) is 16.2 Å². The minimum Gasteiger partial charge on any atom is -0.308 e. The van der Waals surface area contributed by atoms with Crippen molar-refractivity contribution in [2.45, 2.75) is 17.7 Å². The SMILES string of the molecule is O=C(Nc1ccc(S(=O)(=O)N2CCCC2)cc1)Nc1cccc(Cl)c1Cl. The number of anilines is 2. The Labute approximate surface area is 162 Å². The molecule has 1 fully saturated rings. The summed E-state index contributed by atoms with van der Waals surface area (Å²) in [5.41, 5.74) is 0.839. The van der Waals surface area contributed by atoms with Crippen molar-refractivity contribution in [3.8, 4) is 0 Å². The molecule has 1 aliphatic rings. The van der Waals surface area contributed by atoms with Crippen molar-refractivity contribution < 1.29 is 13.2 Å². The molecule has 0 unspecified atom stereocenters. The van der Waals surface area contributed by atoms with Crippen molar-refractivity contribution in [2.24, 2.45) is 0 Å². The average molecular weight is 414 g/mol. The number of urea groups is 1. The van der Waals surface area contributed by atoms with Crippen molar-refractivity contribution in [2.75, 3.05) is 23.7 Å². The number of amides is 2. The maximum Gasteiger partial charge on any atom is 0.323 e. The number of hydrogen-bond acceptors (Lipinski definition) is 3. The van der Waals surface area contributed by atoms with E-state index >= 15 is 0 Å². The fourth-order valence-corrected chi connectivity index (χ4v) is 4.54. The van der Waals surface area contributed by atoms with Crippen LogP contribution in [0, 0.1) is 0 Å². The Balaban J connectivity index is 1.67. The summed E-state index contributed by atoms with van der Waals surface area (Å²) >= 11 is 11.9. The van der Waals surface area contributed by atoms with E-state index in [2.05, 4.69) is 10.6 Å². The van der Waals surface area contributed by atoms with E-state index in [9.17, 15) is 13.2 Å². The van der Waals surface area contributed by atoms with Gasteiger partial charge in [-0.15, -0.1) is 0 Å². The summed E-state index contributed by atoms with van der Waals surface area (Å²) in [6.45, 7) is 1.09. The van der Waals surface area contributed by atoms with Gasteiger partial charge in [-0.2, -0.15) is 4.31 Å². The molecule has 0 spiro atoms. The van der Waals surface area contributed by atoms with Crippen LogP contribution in [0.5, 0.6) is 0 Å². The van der Waals surface area contributed by atoms with Gasteiger partial charge < -0.3 is 10.6 Å². The van der Waals surface area contributed by atoms with Crippen molar-refractivity contribution in [1.82, 2.24) is 4.31 Å². The molecule has 9 heteroatoms. The number of halogens is 2. The van der Waals surface area contributed by atoms with Crippen LogP contribution < -0.4 is 10.6 Å². The fraction of sp³-hybridized carbons (Fsp3) is 0.235. The van der Waals surface area contributed by atoms with Crippen molar-refractivity contribution in [3.63, 3.8) is 0 Å². The molecular formula is C17H17Cl2N3O3S. The summed E-state index contributed by atoms with van der Waals surface area (Å²) in [5.74, 6) is 0. The topological polar surface area (TPSA) is 78.5 Å². The molecule has 1 saturated heterocycles. The lowest BCUT2D eigenvalue weighted by molar-refractivity contribution is 0.262. The number of rotatable bonds is 4. The molecule has 0 saturated carbocycles. The van der Waals surface area contributed by atoms with Gasteiger partial charge in [0.1, 0.15) is 0 Å². The second kappa shape index (κ2) is 7.84. The third kappa shape index (κ3) is 4.12. The van der Waals surface area contributed by atoms with Crippen LogP contribution in [0.25, 0.3) is 0 Å². The van der Waals surface area contributed by atoms with Crippen molar-refractivity contribution in [3.05, 3.63) is 52.5 Å². The molecule has 0 aliphatic carbocycles. The van der Waals surface area contributed by atoms with Crippen LogP contribution in [-0.2, 0) is 10.0 Å². The van der Waals surface area contributed by atoms with Gasteiger partial charge >= 0.3 is 6.03 Å². The molecule has 1 aliphatic heterocycles. The van der Waals surface area contributed by atoms with Gasteiger partial charge in [0.15, 0.2) is 0 Å². The Morgan fingerprint density at radius 3 is 2.27 bits per heavy atom. The lowest BCUT2D eigenvalue weighted by Gasteiger charge is -2.15. The first-order valence-electron chi connectivity index (χ1n) is 8.00. The summed E-state index contributed by atoms with van der Waals surface area (Å²) in [5, 5.41) is 5.80. The standard InChI is InChI=1S/C17H17Cl2N3O3S/c18-14-4-3-5-15(16(14)19)21-17(23)20-12-6-8-13(9-7-12)26(24,25)22-10-1-2-11-22/h3-9H,1-2,10-11H2,(H2,20,21,23). The molecule has 2 amide bonds. The van der Waals surface area contributed by atoms with Gasteiger partial charge in [0.25, 0.3) is 0 Å².